The highest BCUT2D eigenvalue weighted by Gasteiger charge is 2.14. The molecule has 22 heavy (non-hydrogen) atoms. The van der Waals surface area contributed by atoms with E-state index in [1.165, 1.54) is 0 Å². The first kappa shape index (κ1) is 16.1. The Hall–Kier alpha value is -2.30. The SMILES string of the molecule is CCC(CC)C(=O)NCc1cc2ccc(OC)cc2[nH]c1=O. The van der Waals surface area contributed by atoms with Gasteiger partial charge >= 0.3 is 0 Å². The number of nitrogens with one attached hydrogen (secondary N) is 2. The van der Waals surface area contributed by atoms with Crippen molar-refractivity contribution in [3.63, 3.8) is 0 Å². The highest BCUT2D eigenvalue weighted by atomic mass is 16.5. The highest BCUT2D eigenvalue weighted by molar-refractivity contribution is 5.81. The predicted octanol–water partition coefficient (Wildman–Crippen LogP) is 2.59. The van der Waals surface area contributed by atoms with Gasteiger partial charge in [-0.05, 0) is 36.4 Å². The number of H-pyrrole nitrogens is 1. The van der Waals surface area contributed by atoms with Gasteiger partial charge in [0.05, 0.1) is 12.6 Å². The molecule has 5 nitrogen and oxygen atoms in total. The average molecular weight is 302 g/mol. The number of amides is 1. The summed E-state index contributed by atoms with van der Waals surface area (Å²) < 4.78 is 5.14. The Morgan fingerprint density at radius 1 is 1.27 bits per heavy atom. The van der Waals surface area contributed by atoms with Gasteiger partial charge in [-0.1, -0.05) is 13.8 Å². The minimum absolute atomic E-state index is 0.000715. The van der Waals surface area contributed by atoms with Gasteiger partial charge in [0, 0.05) is 24.1 Å². The fraction of sp³-hybridized carbons (Fsp3) is 0.412. The summed E-state index contributed by atoms with van der Waals surface area (Å²) in [5.74, 6) is 0.695. The Labute approximate surface area is 129 Å². The molecule has 0 bridgehead atoms. The maximum Gasteiger partial charge on any atom is 0.253 e. The van der Waals surface area contributed by atoms with Crippen molar-refractivity contribution in [3.05, 3.63) is 40.2 Å². The highest BCUT2D eigenvalue weighted by Crippen LogP contribution is 2.18. The van der Waals surface area contributed by atoms with Crippen LogP contribution in [0.15, 0.2) is 29.1 Å². The summed E-state index contributed by atoms with van der Waals surface area (Å²) in [5.41, 5.74) is 1.09. The van der Waals surface area contributed by atoms with Crippen molar-refractivity contribution < 1.29 is 9.53 Å². The van der Waals surface area contributed by atoms with Crippen LogP contribution in [0.4, 0.5) is 0 Å². The lowest BCUT2D eigenvalue weighted by atomic mass is 10.0. The lowest BCUT2D eigenvalue weighted by Crippen LogP contribution is -2.31. The van der Waals surface area contributed by atoms with E-state index in [-0.39, 0.29) is 23.9 Å². The minimum atomic E-state index is -0.189. The molecule has 0 saturated carbocycles. The molecule has 5 heteroatoms. The summed E-state index contributed by atoms with van der Waals surface area (Å²) >= 11 is 0. The number of rotatable bonds is 6. The molecule has 0 unspecified atom stereocenters. The monoisotopic (exact) mass is 302 g/mol. The van der Waals surface area contributed by atoms with Gasteiger partial charge in [0.25, 0.3) is 5.56 Å². The number of aromatic nitrogens is 1. The van der Waals surface area contributed by atoms with E-state index < -0.39 is 0 Å². The Morgan fingerprint density at radius 2 is 2.00 bits per heavy atom. The van der Waals surface area contributed by atoms with Crippen molar-refractivity contribution in [3.8, 4) is 5.75 Å². The summed E-state index contributed by atoms with van der Waals surface area (Å²) in [6.45, 7) is 4.22. The van der Waals surface area contributed by atoms with Crippen molar-refractivity contribution in [2.75, 3.05) is 7.11 Å². The zero-order chi connectivity index (χ0) is 16.1. The molecule has 2 N–H and O–H groups in total. The number of fused-ring (bicyclic) bond motifs is 1. The summed E-state index contributed by atoms with van der Waals surface area (Å²) in [6, 6.07) is 7.31. The van der Waals surface area contributed by atoms with E-state index >= 15 is 0 Å². The molecule has 0 atom stereocenters. The fourth-order valence-corrected chi connectivity index (χ4v) is 2.47. The first-order chi connectivity index (χ1) is 10.6. The number of ether oxygens (including phenoxy) is 1. The standard InChI is InChI=1S/C17H22N2O3/c1-4-11(5-2)16(20)18-10-13-8-12-6-7-14(22-3)9-15(12)19-17(13)21/h6-9,11H,4-5,10H2,1-3H3,(H,18,20)(H,19,21). The van der Waals surface area contributed by atoms with Gasteiger partial charge in [0.15, 0.2) is 0 Å². The third kappa shape index (κ3) is 3.47. The van der Waals surface area contributed by atoms with Gasteiger partial charge < -0.3 is 15.0 Å². The average Bonchev–Trinajstić information content (AvgIpc) is 2.53. The van der Waals surface area contributed by atoms with Crippen LogP contribution in [0.1, 0.15) is 32.3 Å². The summed E-state index contributed by atoms with van der Waals surface area (Å²) in [7, 11) is 1.58. The number of methoxy groups -OCH3 is 1. The smallest absolute Gasteiger partial charge is 0.253 e. The summed E-state index contributed by atoms with van der Waals surface area (Å²) in [5, 5.41) is 3.75. The number of aromatic amines is 1. The van der Waals surface area contributed by atoms with Gasteiger partial charge in [-0.3, -0.25) is 9.59 Å². The van der Waals surface area contributed by atoms with Gasteiger partial charge in [-0.2, -0.15) is 0 Å². The van der Waals surface area contributed by atoms with Crippen LogP contribution in [0.25, 0.3) is 10.9 Å². The van der Waals surface area contributed by atoms with Crippen LogP contribution >= 0.6 is 0 Å². The van der Waals surface area contributed by atoms with Crippen LogP contribution < -0.4 is 15.6 Å². The Morgan fingerprint density at radius 3 is 2.64 bits per heavy atom. The molecule has 0 aliphatic carbocycles. The fourth-order valence-electron chi connectivity index (χ4n) is 2.47. The number of carbonyl (C=O) groups excluding carboxylic acids is 1. The van der Waals surface area contributed by atoms with Crippen molar-refractivity contribution in [1.82, 2.24) is 10.3 Å². The number of hydrogen-bond donors (Lipinski definition) is 2. The third-order valence-electron chi connectivity index (χ3n) is 3.94. The summed E-state index contributed by atoms with van der Waals surface area (Å²) in [6.07, 6.45) is 1.60. The first-order valence-electron chi connectivity index (χ1n) is 7.56. The van der Waals surface area contributed by atoms with Gasteiger partial charge in [-0.15, -0.1) is 0 Å². The molecular formula is C17H22N2O3. The van der Waals surface area contributed by atoms with Gasteiger partial charge in [0.1, 0.15) is 5.75 Å². The van der Waals surface area contributed by atoms with Crippen LogP contribution in [-0.2, 0) is 11.3 Å². The number of pyridine rings is 1. The molecule has 0 aliphatic heterocycles. The van der Waals surface area contributed by atoms with E-state index in [4.69, 9.17) is 4.74 Å². The van der Waals surface area contributed by atoms with Crippen LogP contribution in [0.3, 0.4) is 0 Å². The van der Waals surface area contributed by atoms with E-state index in [9.17, 15) is 9.59 Å². The van der Waals surface area contributed by atoms with Crippen LogP contribution in [-0.4, -0.2) is 18.0 Å². The molecule has 2 aromatic rings. The quantitative estimate of drug-likeness (QED) is 0.861. The molecule has 1 heterocycles. The van der Waals surface area contributed by atoms with E-state index in [0.717, 1.165) is 23.7 Å². The number of hydrogen-bond acceptors (Lipinski definition) is 3. The second-order valence-corrected chi connectivity index (χ2v) is 5.31. The largest absolute Gasteiger partial charge is 0.497 e. The molecule has 1 amide bonds. The van der Waals surface area contributed by atoms with Crippen LogP contribution in [0, 0.1) is 5.92 Å². The van der Waals surface area contributed by atoms with E-state index in [2.05, 4.69) is 10.3 Å². The topological polar surface area (TPSA) is 71.2 Å². The third-order valence-corrected chi connectivity index (χ3v) is 3.94. The van der Waals surface area contributed by atoms with Gasteiger partial charge in [0.2, 0.25) is 5.91 Å². The molecule has 0 aliphatic rings. The molecule has 1 aromatic heterocycles. The molecule has 118 valence electrons. The molecule has 1 aromatic carbocycles. The number of benzene rings is 1. The zero-order valence-electron chi connectivity index (χ0n) is 13.2. The normalized spacial score (nSPS) is 10.9. The second-order valence-electron chi connectivity index (χ2n) is 5.31. The maximum atomic E-state index is 12.1. The Kier molecular flexibility index (Phi) is 5.20. The van der Waals surface area contributed by atoms with Crippen molar-refractivity contribution >= 4 is 16.8 Å². The molecule has 0 fully saturated rings. The molecule has 2 rings (SSSR count). The van der Waals surface area contributed by atoms with Crippen LogP contribution in [0.2, 0.25) is 0 Å². The lowest BCUT2D eigenvalue weighted by molar-refractivity contribution is -0.125. The van der Waals surface area contributed by atoms with E-state index in [1.54, 1.807) is 19.2 Å². The zero-order valence-corrected chi connectivity index (χ0v) is 13.2. The molecular weight excluding hydrogens is 280 g/mol. The van der Waals surface area contributed by atoms with Crippen molar-refractivity contribution in [2.24, 2.45) is 5.92 Å². The van der Waals surface area contributed by atoms with E-state index in [0.29, 0.717) is 11.3 Å². The molecule has 0 radical (unpaired) electrons. The van der Waals surface area contributed by atoms with E-state index in [1.807, 2.05) is 26.0 Å². The second kappa shape index (κ2) is 7.11. The molecule has 0 saturated heterocycles. The maximum absolute atomic E-state index is 12.1. The summed E-state index contributed by atoms with van der Waals surface area (Å²) in [4.78, 5) is 26.9. The van der Waals surface area contributed by atoms with Crippen LogP contribution in [0.5, 0.6) is 5.75 Å². The first-order valence-corrected chi connectivity index (χ1v) is 7.56. The molecule has 0 spiro atoms. The predicted molar refractivity (Wildman–Crippen MR) is 87.0 cm³/mol. The lowest BCUT2D eigenvalue weighted by Gasteiger charge is -2.12. The minimum Gasteiger partial charge on any atom is -0.497 e. The van der Waals surface area contributed by atoms with Crippen molar-refractivity contribution in [2.45, 2.75) is 33.2 Å². The van der Waals surface area contributed by atoms with Gasteiger partial charge in [-0.25, -0.2) is 0 Å². The van der Waals surface area contributed by atoms with Crippen molar-refractivity contribution in [1.29, 1.82) is 0 Å². The Balaban J connectivity index is 2.20. The number of carbonyl (C=O) groups is 1. The Bertz CT molecular complexity index is 717.